The zero-order valence-corrected chi connectivity index (χ0v) is 11.2. The summed E-state index contributed by atoms with van der Waals surface area (Å²) in [5.74, 6) is 0.916. The van der Waals surface area contributed by atoms with Crippen molar-refractivity contribution in [2.45, 2.75) is 32.6 Å². The molecule has 0 amide bonds. The Labute approximate surface area is 109 Å². The van der Waals surface area contributed by atoms with E-state index >= 15 is 0 Å². The van der Waals surface area contributed by atoms with Gasteiger partial charge in [0, 0.05) is 36.9 Å². The Morgan fingerprint density at radius 3 is 3.00 bits per heavy atom. The molecule has 1 N–H and O–H groups in total. The number of hydrogen-bond donors (Lipinski definition) is 1. The Bertz CT molecular complexity index is 407. The molecule has 0 radical (unpaired) electrons. The average molecular weight is 246 g/mol. The summed E-state index contributed by atoms with van der Waals surface area (Å²) in [6.45, 7) is 6.60. The summed E-state index contributed by atoms with van der Waals surface area (Å²) >= 11 is 0. The van der Waals surface area contributed by atoms with Crippen molar-refractivity contribution in [3.63, 3.8) is 0 Å². The minimum Gasteiger partial charge on any atom is -0.340 e. The van der Waals surface area contributed by atoms with E-state index in [1.165, 1.54) is 32.2 Å². The third kappa shape index (κ3) is 2.34. The number of aryl methyl sites for hydroxylation is 1. The fourth-order valence-electron chi connectivity index (χ4n) is 3.35. The van der Waals surface area contributed by atoms with E-state index in [0.29, 0.717) is 5.41 Å². The Morgan fingerprint density at radius 2 is 2.22 bits per heavy atom. The van der Waals surface area contributed by atoms with Gasteiger partial charge < -0.3 is 10.2 Å². The molecule has 2 aliphatic heterocycles. The van der Waals surface area contributed by atoms with Crippen LogP contribution in [0, 0.1) is 12.3 Å². The molecule has 1 aromatic heterocycles. The largest absolute Gasteiger partial charge is 0.340 e. The number of nitrogens with zero attached hydrogens (tertiary/aromatic N) is 3. The minimum absolute atomic E-state index is 0.462. The summed E-state index contributed by atoms with van der Waals surface area (Å²) in [5, 5.41) is 3.56. The minimum atomic E-state index is 0.462. The molecular formula is C14H22N4. The summed E-state index contributed by atoms with van der Waals surface area (Å²) in [5.41, 5.74) is 1.52. The number of piperidine rings is 2. The summed E-state index contributed by atoms with van der Waals surface area (Å²) in [6, 6.07) is 1.96. The van der Waals surface area contributed by atoms with Crippen LogP contribution < -0.4 is 10.2 Å². The lowest BCUT2D eigenvalue weighted by Crippen LogP contribution is -2.51. The lowest BCUT2D eigenvalue weighted by atomic mass is 9.74. The van der Waals surface area contributed by atoms with E-state index in [2.05, 4.69) is 20.2 Å². The van der Waals surface area contributed by atoms with Crippen LogP contribution in [0.15, 0.2) is 12.3 Å². The Balaban J connectivity index is 1.77. The monoisotopic (exact) mass is 246 g/mol. The van der Waals surface area contributed by atoms with Gasteiger partial charge in [-0.2, -0.15) is 0 Å². The molecule has 3 heterocycles. The molecule has 1 spiro atoms. The van der Waals surface area contributed by atoms with Crippen molar-refractivity contribution in [3.8, 4) is 0 Å². The van der Waals surface area contributed by atoms with Crippen molar-refractivity contribution in [3.05, 3.63) is 18.0 Å². The van der Waals surface area contributed by atoms with E-state index < -0.39 is 0 Å². The fourth-order valence-corrected chi connectivity index (χ4v) is 3.35. The smallest absolute Gasteiger partial charge is 0.225 e. The Kier molecular flexibility index (Phi) is 3.20. The Hall–Kier alpha value is -1.16. The van der Waals surface area contributed by atoms with Crippen molar-refractivity contribution in [2.75, 3.05) is 31.1 Å². The van der Waals surface area contributed by atoms with Crippen molar-refractivity contribution in [2.24, 2.45) is 5.41 Å². The van der Waals surface area contributed by atoms with Crippen LogP contribution in [0.3, 0.4) is 0 Å². The van der Waals surface area contributed by atoms with Crippen LogP contribution in [0.1, 0.15) is 31.4 Å². The lowest BCUT2D eigenvalue weighted by Gasteiger charge is -2.45. The molecule has 1 unspecified atom stereocenters. The molecule has 1 aromatic rings. The van der Waals surface area contributed by atoms with Gasteiger partial charge in [0.15, 0.2) is 0 Å². The van der Waals surface area contributed by atoms with Crippen LogP contribution in [-0.4, -0.2) is 36.1 Å². The molecule has 2 aliphatic rings. The van der Waals surface area contributed by atoms with Gasteiger partial charge in [-0.15, -0.1) is 0 Å². The second-order valence-electron chi connectivity index (χ2n) is 5.80. The summed E-state index contributed by atoms with van der Waals surface area (Å²) in [7, 11) is 0. The molecule has 1 atom stereocenters. The van der Waals surface area contributed by atoms with E-state index in [1.54, 1.807) is 0 Å². The number of nitrogens with one attached hydrogen (secondary N) is 1. The second kappa shape index (κ2) is 4.84. The highest BCUT2D eigenvalue weighted by Gasteiger charge is 2.37. The van der Waals surface area contributed by atoms with Crippen LogP contribution in [0.25, 0.3) is 0 Å². The normalized spacial score (nSPS) is 28.6. The number of rotatable bonds is 1. The third-order valence-corrected chi connectivity index (χ3v) is 4.29. The molecule has 0 bridgehead atoms. The van der Waals surface area contributed by atoms with Crippen LogP contribution in [0.2, 0.25) is 0 Å². The fraction of sp³-hybridized carbons (Fsp3) is 0.714. The van der Waals surface area contributed by atoms with Crippen molar-refractivity contribution in [1.29, 1.82) is 0 Å². The molecule has 3 rings (SSSR count). The second-order valence-corrected chi connectivity index (χ2v) is 5.80. The molecule has 0 saturated carbocycles. The van der Waals surface area contributed by atoms with E-state index in [-0.39, 0.29) is 0 Å². The highest BCUT2D eigenvalue weighted by molar-refractivity contribution is 5.31. The molecule has 2 saturated heterocycles. The van der Waals surface area contributed by atoms with Gasteiger partial charge in [0.05, 0.1) is 0 Å². The molecule has 4 heteroatoms. The highest BCUT2D eigenvalue weighted by Crippen LogP contribution is 2.36. The van der Waals surface area contributed by atoms with Crippen LogP contribution in [0.5, 0.6) is 0 Å². The molecule has 18 heavy (non-hydrogen) atoms. The standard InChI is InChI=1S/C14H22N4/c1-12-4-8-16-13(17-12)18-9-3-6-14(11-18)5-2-7-15-10-14/h4,8,15H,2-3,5-7,9-11H2,1H3. The highest BCUT2D eigenvalue weighted by atomic mass is 15.3. The van der Waals surface area contributed by atoms with Gasteiger partial charge in [0.25, 0.3) is 0 Å². The van der Waals surface area contributed by atoms with Crippen molar-refractivity contribution in [1.82, 2.24) is 15.3 Å². The number of anilines is 1. The summed E-state index contributed by atoms with van der Waals surface area (Å²) in [6.07, 6.45) is 7.14. The van der Waals surface area contributed by atoms with E-state index in [9.17, 15) is 0 Å². The maximum Gasteiger partial charge on any atom is 0.225 e. The van der Waals surface area contributed by atoms with E-state index in [0.717, 1.165) is 31.3 Å². The summed E-state index contributed by atoms with van der Waals surface area (Å²) < 4.78 is 0. The maximum atomic E-state index is 4.57. The molecular weight excluding hydrogens is 224 g/mol. The molecule has 4 nitrogen and oxygen atoms in total. The first-order valence-corrected chi connectivity index (χ1v) is 7.03. The van der Waals surface area contributed by atoms with E-state index in [4.69, 9.17) is 0 Å². The van der Waals surface area contributed by atoms with Crippen LogP contribution in [-0.2, 0) is 0 Å². The molecule has 0 aliphatic carbocycles. The van der Waals surface area contributed by atoms with Gasteiger partial charge in [-0.3, -0.25) is 0 Å². The predicted molar refractivity (Wildman–Crippen MR) is 72.8 cm³/mol. The quantitative estimate of drug-likeness (QED) is 0.819. The average Bonchev–Trinajstić information content (AvgIpc) is 2.40. The van der Waals surface area contributed by atoms with Gasteiger partial charge in [0.2, 0.25) is 5.95 Å². The predicted octanol–water partition coefficient (Wildman–Crippen LogP) is 1.76. The zero-order valence-electron chi connectivity index (χ0n) is 11.2. The first-order valence-electron chi connectivity index (χ1n) is 7.03. The topological polar surface area (TPSA) is 41.1 Å². The lowest BCUT2D eigenvalue weighted by molar-refractivity contribution is 0.172. The van der Waals surface area contributed by atoms with Crippen LogP contribution >= 0.6 is 0 Å². The number of hydrogen-bond acceptors (Lipinski definition) is 4. The number of aromatic nitrogens is 2. The van der Waals surface area contributed by atoms with E-state index in [1.807, 2.05) is 19.2 Å². The van der Waals surface area contributed by atoms with Crippen LogP contribution in [0.4, 0.5) is 5.95 Å². The molecule has 0 aromatic carbocycles. The van der Waals surface area contributed by atoms with Gasteiger partial charge in [-0.1, -0.05) is 0 Å². The van der Waals surface area contributed by atoms with Crippen molar-refractivity contribution >= 4 is 5.95 Å². The molecule has 2 fully saturated rings. The van der Waals surface area contributed by atoms with Gasteiger partial charge in [0.1, 0.15) is 0 Å². The van der Waals surface area contributed by atoms with Gasteiger partial charge in [-0.25, -0.2) is 9.97 Å². The third-order valence-electron chi connectivity index (χ3n) is 4.29. The Morgan fingerprint density at radius 1 is 1.33 bits per heavy atom. The first-order chi connectivity index (χ1) is 8.77. The van der Waals surface area contributed by atoms with Crippen molar-refractivity contribution < 1.29 is 0 Å². The SMILES string of the molecule is Cc1ccnc(N2CCCC3(CCCNC3)C2)n1. The maximum absolute atomic E-state index is 4.57. The first kappa shape index (κ1) is 11.9. The van der Waals surface area contributed by atoms with Gasteiger partial charge >= 0.3 is 0 Å². The zero-order chi connectivity index (χ0) is 12.4. The summed E-state index contributed by atoms with van der Waals surface area (Å²) in [4.78, 5) is 11.4. The molecule has 98 valence electrons. The van der Waals surface area contributed by atoms with Gasteiger partial charge in [-0.05, 0) is 45.2 Å².